The molecule has 0 aromatic heterocycles. The van der Waals surface area contributed by atoms with Gasteiger partial charge in [0, 0.05) is 22.4 Å². The SMILES string of the molecule is CC(C)(C)C(=O)NC(=S)Nc1ccc(C(=O)Nc2cccc(C(F)(F)F)c2)cc1. The first kappa shape index (κ1) is 22.4. The molecule has 0 unspecified atom stereocenters. The fourth-order valence-corrected chi connectivity index (χ4v) is 2.34. The van der Waals surface area contributed by atoms with E-state index in [9.17, 15) is 22.8 Å². The summed E-state index contributed by atoms with van der Waals surface area (Å²) in [6, 6.07) is 10.5. The van der Waals surface area contributed by atoms with Crippen LogP contribution in [0.1, 0.15) is 36.7 Å². The number of anilines is 2. The lowest BCUT2D eigenvalue weighted by Gasteiger charge is -2.18. The number of benzene rings is 2. The molecule has 0 aliphatic rings. The van der Waals surface area contributed by atoms with E-state index in [0.717, 1.165) is 12.1 Å². The van der Waals surface area contributed by atoms with Crippen LogP contribution in [0.2, 0.25) is 0 Å². The minimum absolute atomic E-state index is 0.0399. The zero-order chi connectivity index (χ0) is 21.8. The Morgan fingerprint density at radius 1 is 0.897 bits per heavy atom. The molecule has 2 aromatic carbocycles. The fraction of sp³-hybridized carbons (Fsp3) is 0.250. The minimum atomic E-state index is -4.49. The molecule has 0 aliphatic heterocycles. The minimum Gasteiger partial charge on any atom is -0.332 e. The Hall–Kier alpha value is -2.94. The van der Waals surface area contributed by atoms with E-state index >= 15 is 0 Å². The molecule has 0 spiro atoms. The quantitative estimate of drug-likeness (QED) is 0.620. The van der Waals surface area contributed by atoms with Gasteiger partial charge in [-0.3, -0.25) is 9.59 Å². The fourth-order valence-electron chi connectivity index (χ4n) is 2.13. The molecule has 2 rings (SSSR count). The summed E-state index contributed by atoms with van der Waals surface area (Å²) in [6.45, 7) is 5.26. The second-order valence-electron chi connectivity index (χ2n) is 7.27. The molecule has 0 heterocycles. The van der Waals surface area contributed by atoms with Crippen LogP contribution in [-0.2, 0) is 11.0 Å². The van der Waals surface area contributed by atoms with E-state index in [1.807, 2.05) is 0 Å². The normalized spacial score (nSPS) is 11.5. The number of nitrogens with one attached hydrogen (secondary N) is 3. The summed E-state index contributed by atoms with van der Waals surface area (Å²) >= 11 is 5.08. The van der Waals surface area contributed by atoms with Crippen LogP contribution in [0.25, 0.3) is 0 Å². The summed E-state index contributed by atoms with van der Waals surface area (Å²) in [5, 5.41) is 7.94. The first-order chi connectivity index (χ1) is 13.4. The van der Waals surface area contributed by atoms with E-state index in [2.05, 4.69) is 16.0 Å². The largest absolute Gasteiger partial charge is 0.416 e. The van der Waals surface area contributed by atoms with E-state index in [1.165, 1.54) is 24.3 Å². The summed E-state index contributed by atoms with van der Waals surface area (Å²) in [5.74, 6) is -0.799. The van der Waals surface area contributed by atoms with Crippen LogP contribution in [0.3, 0.4) is 0 Å². The van der Waals surface area contributed by atoms with Crippen molar-refractivity contribution in [2.45, 2.75) is 26.9 Å². The molecule has 0 atom stereocenters. The molecule has 29 heavy (non-hydrogen) atoms. The third-order valence-electron chi connectivity index (χ3n) is 3.76. The van der Waals surface area contributed by atoms with Gasteiger partial charge in [-0.1, -0.05) is 26.8 Å². The van der Waals surface area contributed by atoms with Crippen molar-refractivity contribution in [2.75, 3.05) is 10.6 Å². The molecule has 154 valence electrons. The van der Waals surface area contributed by atoms with Crippen molar-refractivity contribution < 1.29 is 22.8 Å². The van der Waals surface area contributed by atoms with Crippen molar-refractivity contribution >= 4 is 40.5 Å². The van der Waals surface area contributed by atoms with Gasteiger partial charge in [0.15, 0.2) is 5.11 Å². The number of hydrogen-bond acceptors (Lipinski definition) is 3. The van der Waals surface area contributed by atoms with Crippen LogP contribution >= 0.6 is 12.2 Å². The van der Waals surface area contributed by atoms with Crippen molar-refractivity contribution in [1.82, 2.24) is 5.32 Å². The zero-order valence-corrected chi connectivity index (χ0v) is 16.8. The second-order valence-corrected chi connectivity index (χ2v) is 7.68. The maximum absolute atomic E-state index is 12.8. The Morgan fingerprint density at radius 3 is 2.07 bits per heavy atom. The third kappa shape index (κ3) is 6.56. The molecule has 0 saturated carbocycles. The highest BCUT2D eigenvalue weighted by Gasteiger charge is 2.30. The van der Waals surface area contributed by atoms with Gasteiger partial charge in [-0.25, -0.2) is 0 Å². The predicted octanol–water partition coefficient (Wildman–Crippen LogP) is 4.82. The molecule has 3 N–H and O–H groups in total. The van der Waals surface area contributed by atoms with Crippen molar-refractivity contribution in [1.29, 1.82) is 0 Å². The number of hydrogen-bond donors (Lipinski definition) is 3. The Kier molecular flexibility index (Phi) is 6.63. The van der Waals surface area contributed by atoms with Crippen LogP contribution in [-0.4, -0.2) is 16.9 Å². The molecule has 2 amide bonds. The number of carbonyl (C=O) groups is 2. The highest BCUT2D eigenvalue weighted by atomic mass is 32.1. The summed E-state index contributed by atoms with van der Waals surface area (Å²) in [7, 11) is 0. The molecule has 0 radical (unpaired) electrons. The molecule has 0 aliphatic carbocycles. The molecular weight excluding hydrogens is 403 g/mol. The van der Waals surface area contributed by atoms with Gasteiger partial charge >= 0.3 is 6.18 Å². The monoisotopic (exact) mass is 423 g/mol. The van der Waals surface area contributed by atoms with Crippen molar-refractivity contribution in [3.63, 3.8) is 0 Å². The zero-order valence-electron chi connectivity index (χ0n) is 16.0. The highest BCUT2D eigenvalue weighted by molar-refractivity contribution is 7.80. The van der Waals surface area contributed by atoms with E-state index in [0.29, 0.717) is 5.69 Å². The number of alkyl halides is 3. The van der Waals surface area contributed by atoms with Crippen LogP contribution in [0, 0.1) is 5.41 Å². The van der Waals surface area contributed by atoms with Gasteiger partial charge in [-0.2, -0.15) is 13.2 Å². The second kappa shape index (κ2) is 8.60. The van der Waals surface area contributed by atoms with Crippen molar-refractivity contribution in [3.05, 3.63) is 59.7 Å². The average Bonchev–Trinajstić information content (AvgIpc) is 2.61. The number of rotatable bonds is 3. The summed E-state index contributed by atoms with van der Waals surface area (Å²) in [4.78, 5) is 24.2. The molecule has 0 fully saturated rings. The van der Waals surface area contributed by atoms with Crippen LogP contribution in [0.15, 0.2) is 48.5 Å². The molecule has 5 nitrogen and oxygen atoms in total. The topological polar surface area (TPSA) is 70.2 Å². The van der Waals surface area contributed by atoms with E-state index < -0.39 is 23.1 Å². The van der Waals surface area contributed by atoms with Gasteiger partial charge in [-0.15, -0.1) is 0 Å². The Bertz CT molecular complexity index is 920. The van der Waals surface area contributed by atoms with Crippen molar-refractivity contribution in [3.8, 4) is 0 Å². The number of thiocarbonyl (C=S) groups is 1. The first-order valence-electron chi connectivity index (χ1n) is 8.57. The Balaban J connectivity index is 2.00. The van der Waals surface area contributed by atoms with Crippen LogP contribution in [0.4, 0.5) is 24.5 Å². The smallest absolute Gasteiger partial charge is 0.332 e. The maximum atomic E-state index is 12.8. The summed E-state index contributed by atoms with van der Waals surface area (Å²) in [5.41, 5.74) is -0.618. The number of carbonyl (C=O) groups excluding carboxylic acids is 2. The highest BCUT2D eigenvalue weighted by Crippen LogP contribution is 2.30. The third-order valence-corrected chi connectivity index (χ3v) is 3.97. The number of amides is 2. The molecule has 2 aromatic rings. The molecule has 0 bridgehead atoms. The molecule has 0 saturated heterocycles. The van der Waals surface area contributed by atoms with Gasteiger partial charge in [0.1, 0.15) is 0 Å². The Morgan fingerprint density at radius 2 is 1.52 bits per heavy atom. The average molecular weight is 423 g/mol. The van der Waals surface area contributed by atoms with Crippen LogP contribution in [0.5, 0.6) is 0 Å². The Labute approximate surface area is 171 Å². The maximum Gasteiger partial charge on any atom is 0.416 e. The lowest BCUT2D eigenvalue weighted by atomic mass is 9.96. The van der Waals surface area contributed by atoms with Gasteiger partial charge in [0.2, 0.25) is 5.91 Å². The lowest BCUT2D eigenvalue weighted by Crippen LogP contribution is -2.41. The molecular formula is C20H20F3N3O2S. The van der Waals surface area contributed by atoms with E-state index in [-0.39, 0.29) is 22.3 Å². The van der Waals surface area contributed by atoms with Gasteiger partial charge in [-0.05, 0) is 54.7 Å². The van der Waals surface area contributed by atoms with Gasteiger partial charge in [0.25, 0.3) is 5.91 Å². The first-order valence-corrected chi connectivity index (χ1v) is 8.98. The number of halogens is 3. The summed E-state index contributed by atoms with van der Waals surface area (Å²) < 4.78 is 38.3. The van der Waals surface area contributed by atoms with E-state index in [4.69, 9.17) is 12.2 Å². The lowest BCUT2D eigenvalue weighted by molar-refractivity contribution is -0.137. The van der Waals surface area contributed by atoms with Gasteiger partial charge < -0.3 is 16.0 Å². The van der Waals surface area contributed by atoms with Gasteiger partial charge in [0.05, 0.1) is 5.56 Å². The summed E-state index contributed by atoms with van der Waals surface area (Å²) in [6.07, 6.45) is -4.49. The van der Waals surface area contributed by atoms with Crippen molar-refractivity contribution in [2.24, 2.45) is 5.41 Å². The molecule has 9 heteroatoms. The predicted molar refractivity (Wildman–Crippen MR) is 110 cm³/mol. The standard InChI is InChI=1S/C20H20F3N3O2S/c1-19(2,3)17(28)26-18(29)25-14-9-7-12(8-10-14)16(27)24-15-6-4-5-13(11-15)20(21,22)23/h4-11H,1-3H3,(H,24,27)(H2,25,26,28,29). The van der Waals surface area contributed by atoms with Crippen LogP contribution < -0.4 is 16.0 Å². The van der Waals surface area contributed by atoms with E-state index in [1.54, 1.807) is 32.9 Å².